The number of carbonyl (C=O) groups is 1. The Morgan fingerprint density at radius 1 is 1.20 bits per heavy atom. The van der Waals surface area contributed by atoms with Gasteiger partial charge in [-0.25, -0.2) is 9.36 Å². The SMILES string of the molecule is CC(=O)c1c[nH]c(=O)n(-c2cc(C)c(Br)c(C)c2)c1=O. The van der Waals surface area contributed by atoms with Crippen molar-refractivity contribution in [3.05, 3.63) is 60.3 Å². The van der Waals surface area contributed by atoms with Crippen LogP contribution in [0.5, 0.6) is 0 Å². The second-order valence-electron chi connectivity index (χ2n) is 4.60. The van der Waals surface area contributed by atoms with E-state index in [0.717, 1.165) is 26.4 Å². The van der Waals surface area contributed by atoms with Gasteiger partial charge < -0.3 is 4.98 Å². The molecule has 0 saturated carbocycles. The van der Waals surface area contributed by atoms with E-state index in [1.807, 2.05) is 13.8 Å². The first-order valence-electron chi connectivity index (χ1n) is 5.95. The van der Waals surface area contributed by atoms with Crippen molar-refractivity contribution in [3.8, 4) is 5.69 Å². The third-order valence-electron chi connectivity index (χ3n) is 3.04. The van der Waals surface area contributed by atoms with E-state index in [9.17, 15) is 14.4 Å². The summed E-state index contributed by atoms with van der Waals surface area (Å²) in [5.41, 5.74) is 1.03. The number of H-pyrrole nitrogens is 1. The highest BCUT2D eigenvalue weighted by Gasteiger charge is 2.13. The standard InChI is InChI=1S/C14H13BrN2O3/c1-7-4-10(5-8(2)12(7)15)17-13(19)11(9(3)18)6-16-14(17)20/h4-6H,1-3H3,(H,16,20). The summed E-state index contributed by atoms with van der Waals surface area (Å²) < 4.78 is 1.90. The molecule has 2 aromatic rings. The van der Waals surface area contributed by atoms with E-state index in [0.29, 0.717) is 5.69 Å². The number of aromatic amines is 1. The maximum absolute atomic E-state index is 12.2. The van der Waals surface area contributed by atoms with Gasteiger partial charge in [0.05, 0.1) is 11.3 Å². The van der Waals surface area contributed by atoms with Crippen molar-refractivity contribution in [1.82, 2.24) is 9.55 Å². The third-order valence-corrected chi connectivity index (χ3v) is 4.29. The van der Waals surface area contributed by atoms with Crippen LogP contribution in [0.3, 0.4) is 0 Å². The Balaban J connectivity index is 2.83. The van der Waals surface area contributed by atoms with E-state index in [4.69, 9.17) is 0 Å². The summed E-state index contributed by atoms with van der Waals surface area (Å²) in [6.07, 6.45) is 1.15. The number of aromatic nitrogens is 2. The van der Waals surface area contributed by atoms with Crippen LogP contribution in [0.1, 0.15) is 28.4 Å². The predicted octanol–water partition coefficient (Wildman–Crippen LogP) is 2.11. The summed E-state index contributed by atoms with van der Waals surface area (Å²) in [5.74, 6) is -0.384. The summed E-state index contributed by atoms with van der Waals surface area (Å²) in [6.45, 7) is 5.03. The molecule has 0 aliphatic carbocycles. The zero-order valence-corrected chi connectivity index (χ0v) is 12.9. The number of carbonyl (C=O) groups excluding carboxylic acids is 1. The number of hydrogen-bond acceptors (Lipinski definition) is 3. The average molecular weight is 337 g/mol. The largest absolute Gasteiger partial charge is 0.333 e. The van der Waals surface area contributed by atoms with E-state index < -0.39 is 11.2 Å². The van der Waals surface area contributed by atoms with Gasteiger partial charge in [-0.05, 0) is 44.0 Å². The van der Waals surface area contributed by atoms with Gasteiger partial charge in [-0.1, -0.05) is 15.9 Å². The lowest BCUT2D eigenvalue weighted by Gasteiger charge is -2.10. The molecule has 5 nitrogen and oxygen atoms in total. The number of nitrogens with zero attached hydrogens (tertiary/aromatic N) is 1. The van der Waals surface area contributed by atoms with Crippen LogP contribution in [-0.4, -0.2) is 15.3 Å². The minimum absolute atomic E-state index is 0.0391. The number of rotatable bonds is 2. The molecule has 0 aliphatic rings. The molecule has 0 amide bonds. The molecule has 0 fully saturated rings. The van der Waals surface area contributed by atoms with E-state index >= 15 is 0 Å². The Morgan fingerprint density at radius 3 is 2.25 bits per heavy atom. The number of Topliss-reactive ketones (excluding diaryl/α,β-unsaturated/α-hetero) is 1. The van der Waals surface area contributed by atoms with Crippen molar-refractivity contribution in [2.24, 2.45) is 0 Å². The maximum Gasteiger partial charge on any atom is 0.333 e. The van der Waals surface area contributed by atoms with Gasteiger partial charge in [-0.2, -0.15) is 0 Å². The molecule has 2 rings (SSSR count). The van der Waals surface area contributed by atoms with Crippen LogP contribution < -0.4 is 11.2 Å². The molecule has 6 heteroatoms. The van der Waals surface area contributed by atoms with Crippen molar-refractivity contribution in [3.63, 3.8) is 0 Å². The van der Waals surface area contributed by atoms with Crippen molar-refractivity contribution < 1.29 is 4.79 Å². The second kappa shape index (κ2) is 5.20. The Bertz CT molecular complexity index is 795. The van der Waals surface area contributed by atoms with Gasteiger partial charge in [0.2, 0.25) is 0 Å². The normalized spacial score (nSPS) is 10.6. The van der Waals surface area contributed by atoms with Crippen LogP contribution in [0.2, 0.25) is 0 Å². The molecule has 1 heterocycles. The highest BCUT2D eigenvalue weighted by Crippen LogP contribution is 2.23. The number of aryl methyl sites for hydroxylation is 2. The average Bonchev–Trinajstić information content (AvgIpc) is 2.35. The highest BCUT2D eigenvalue weighted by atomic mass is 79.9. The molecule has 1 aromatic carbocycles. The first-order valence-corrected chi connectivity index (χ1v) is 6.75. The van der Waals surface area contributed by atoms with Crippen LogP contribution in [0.25, 0.3) is 5.69 Å². The lowest BCUT2D eigenvalue weighted by atomic mass is 10.1. The lowest BCUT2D eigenvalue weighted by molar-refractivity contribution is 0.101. The van der Waals surface area contributed by atoms with E-state index in [2.05, 4.69) is 20.9 Å². The molecule has 0 saturated heterocycles. The topological polar surface area (TPSA) is 71.9 Å². The monoisotopic (exact) mass is 336 g/mol. The fourth-order valence-electron chi connectivity index (χ4n) is 2.01. The van der Waals surface area contributed by atoms with Gasteiger partial charge in [0, 0.05) is 10.7 Å². The molecule has 0 unspecified atom stereocenters. The van der Waals surface area contributed by atoms with Crippen LogP contribution in [0.4, 0.5) is 0 Å². The van der Waals surface area contributed by atoms with Crippen molar-refractivity contribution in [2.45, 2.75) is 20.8 Å². The van der Waals surface area contributed by atoms with Crippen molar-refractivity contribution >= 4 is 21.7 Å². The van der Waals surface area contributed by atoms with Gasteiger partial charge in [0.1, 0.15) is 0 Å². The van der Waals surface area contributed by atoms with E-state index in [1.54, 1.807) is 12.1 Å². The molecule has 0 bridgehead atoms. The Kier molecular flexibility index (Phi) is 3.76. The quantitative estimate of drug-likeness (QED) is 0.853. The molecule has 0 aliphatic heterocycles. The Morgan fingerprint density at radius 2 is 1.75 bits per heavy atom. The smallest absolute Gasteiger partial charge is 0.313 e. The van der Waals surface area contributed by atoms with Crippen LogP contribution in [-0.2, 0) is 0 Å². The first kappa shape index (κ1) is 14.5. The lowest BCUT2D eigenvalue weighted by Crippen LogP contribution is -2.36. The maximum atomic E-state index is 12.2. The zero-order chi connectivity index (χ0) is 15.0. The van der Waals surface area contributed by atoms with Gasteiger partial charge in [0.25, 0.3) is 5.56 Å². The summed E-state index contributed by atoms with van der Waals surface area (Å²) in [4.78, 5) is 38.0. The van der Waals surface area contributed by atoms with Gasteiger partial charge in [-0.15, -0.1) is 0 Å². The molecular formula is C14H13BrN2O3. The summed E-state index contributed by atoms with van der Waals surface area (Å²) >= 11 is 3.43. The fraction of sp³-hybridized carbons (Fsp3) is 0.214. The molecule has 0 atom stereocenters. The van der Waals surface area contributed by atoms with Crippen LogP contribution in [0, 0.1) is 13.8 Å². The molecule has 0 spiro atoms. The molecule has 1 aromatic heterocycles. The van der Waals surface area contributed by atoms with Crippen molar-refractivity contribution in [2.75, 3.05) is 0 Å². The minimum Gasteiger partial charge on any atom is -0.313 e. The summed E-state index contributed by atoms with van der Waals surface area (Å²) in [5, 5.41) is 0. The molecule has 104 valence electrons. The summed E-state index contributed by atoms with van der Waals surface area (Å²) in [7, 11) is 0. The summed E-state index contributed by atoms with van der Waals surface area (Å²) in [6, 6.07) is 3.44. The van der Waals surface area contributed by atoms with Gasteiger partial charge in [0.15, 0.2) is 5.78 Å². The number of hydrogen-bond donors (Lipinski definition) is 1. The Hall–Kier alpha value is -1.95. The van der Waals surface area contributed by atoms with Crippen molar-refractivity contribution in [1.29, 1.82) is 0 Å². The second-order valence-corrected chi connectivity index (χ2v) is 5.39. The molecule has 20 heavy (non-hydrogen) atoms. The molecular weight excluding hydrogens is 324 g/mol. The number of halogens is 1. The molecule has 1 N–H and O–H groups in total. The zero-order valence-electron chi connectivity index (χ0n) is 11.3. The Labute approximate surface area is 123 Å². The highest BCUT2D eigenvalue weighted by molar-refractivity contribution is 9.10. The third kappa shape index (κ3) is 2.38. The van der Waals surface area contributed by atoms with Crippen LogP contribution in [0.15, 0.2) is 32.4 Å². The number of ketones is 1. The van der Waals surface area contributed by atoms with E-state index in [1.165, 1.54) is 6.92 Å². The van der Waals surface area contributed by atoms with Gasteiger partial charge >= 0.3 is 5.69 Å². The molecule has 0 radical (unpaired) electrons. The minimum atomic E-state index is -0.609. The van der Waals surface area contributed by atoms with Gasteiger partial charge in [-0.3, -0.25) is 9.59 Å². The number of nitrogens with one attached hydrogen (secondary N) is 1. The van der Waals surface area contributed by atoms with E-state index in [-0.39, 0.29) is 11.3 Å². The first-order chi connectivity index (χ1) is 9.32. The van der Waals surface area contributed by atoms with Crippen LogP contribution >= 0.6 is 15.9 Å². The fourth-order valence-corrected chi connectivity index (χ4v) is 2.24. The number of benzene rings is 1. The predicted molar refractivity (Wildman–Crippen MR) is 79.8 cm³/mol.